The van der Waals surface area contributed by atoms with E-state index in [1.54, 1.807) is 10.7 Å². The molecule has 2 saturated heterocycles. The molecule has 0 bridgehead atoms. The van der Waals surface area contributed by atoms with Gasteiger partial charge in [0.25, 0.3) is 5.91 Å². The molecule has 0 saturated carbocycles. The topological polar surface area (TPSA) is 105 Å². The number of amides is 2. The highest BCUT2D eigenvalue weighted by atomic mass is 16.4. The Morgan fingerprint density at radius 1 is 1.48 bits per heavy atom. The van der Waals surface area contributed by atoms with E-state index in [4.69, 9.17) is 0 Å². The molecule has 0 unspecified atom stereocenters. The molecule has 0 aliphatic carbocycles. The molecule has 8 heteroatoms. The van der Waals surface area contributed by atoms with Crippen molar-refractivity contribution in [1.29, 1.82) is 0 Å². The molecule has 3 heterocycles. The van der Waals surface area contributed by atoms with Gasteiger partial charge in [0.15, 0.2) is 0 Å². The number of carboxylic acid groups (broad SMARTS) is 1. The van der Waals surface area contributed by atoms with Crippen LogP contribution in [0.25, 0.3) is 0 Å². The molecule has 0 spiro atoms. The number of aliphatic carboxylic acids is 1. The first-order valence-electron chi connectivity index (χ1n) is 8.65. The second-order valence-corrected chi connectivity index (χ2v) is 7.35. The molecule has 2 atom stereocenters. The molecule has 0 aromatic carbocycles. The predicted molar refractivity (Wildman–Crippen MR) is 88.9 cm³/mol. The second-order valence-electron chi connectivity index (χ2n) is 7.35. The van der Waals surface area contributed by atoms with Crippen molar-refractivity contribution in [2.75, 3.05) is 19.6 Å². The molecule has 1 aromatic heterocycles. The van der Waals surface area contributed by atoms with E-state index in [1.165, 1.54) is 4.90 Å². The fraction of sp³-hybridized carbons (Fsp3) is 0.647. The van der Waals surface area contributed by atoms with Crippen LogP contribution in [0.3, 0.4) is 0 Å². The number of rotatable bonds is 5. The van der Waals surface area contributed by atoms with E-state index in [9.17, 15) is 19.5 Å². The number of hydrogen-bond acceptors (Lipinski definition) is 4. The van der Waals surface area contributed by atoms with E-state index in [1.807, 2.05) is 6.92 Å². The first kappa shape index (κ1) is 17.4. The maximum Gasteiger partial charge on any atom is 0.314 e. The lowest BCUT2D eigenvalue weighted by atomic mass is 9.81. The predicted octanol–water partition coefficient (Wildman–Crippen LogP) is 0.374. The molecular weight excluding hydrogens is 324 g/mol. The van der Waals surface area contributed by atoms with E-state index in [-0.39, 0.29) is 31.4 Å². The zero-order valence-electron chi connectivity index (χ0n) is 14.8. The molecule has 2 aliphatic rings. The highest BCUT2D eigenvalue weighted by Crippen LogP contribution is 2.40. The Hall–Kier alpha value is -2.38. The first-order chi connectivity index (χ1) is 11.8. The second kappa shape index (κ2) is 6.16. The van der Waals surface area contributed by atoms with Crippen LogP contribution in [-0.2, 0) is 22.6 Å². The summed E-state index contributed by atoms with van der Waals surface area (Å²) in [6.45, 7) is 6.88. The minimum absolute atomic E-state index is 0.0407. The van der Waals surface area contributed by atoms with Gasteiger partial charge < -0.3 is 15.3 Å². The third-order valence-corrected chi connectivity index (χ3v) is 5.12. The summed E-state index contributed by atoms with van der Waals surface area (Å²) in [4.78, 5) is 38.2. The zero-order chi connectivity index (χ0) is 18.4. The molecule has 3 rings (SSSR count). The average Bonchev–Trinajstić information content (AvgIpc) is 3.20. The summed E-state index contributed by atoms with van der Waals surface area (Å²) in [5, 5.41) is 16.7. The Bertz CT molecular complexity index is 726. The molecule has 0 radical (unpaired) electrons. The fourth-order valence-corrected chi connectivity index (χ4v) is 3.80. The highest BCUT2D eigenvalue weighted by Gasteiger charge is 2.60. The Morgan fingerprint density at radius 2 is 2.20 bits per heavy atom. The van der Waals surface area contributed by atoms with Crippen molar-refractivity contribution >= 4 is 17.8 Å². The number of carbonyl (C=O) groups excluding carboxylic acids is 2. The Labute approximate surface area is 146 Å². The van der Waals surface area contributed by atoms with Gasteiger partial charge in [0.05, 0.1) is 11.6 Å². The Balaban J connectivity index is 1.86. The normalized spacial score (nSPS) is 25.4. The highest BCUT2D eigenvalue weighted by molar-refractivity contribution is 5.97. The number of nitrogens with zero attached hydrogens (tertiary/aromatic N) is 3. The van der Waals surface area contributed by atoms with Gasteiger partial charge in [-0.3, -0.25) is 19.1 Å². The maximum absolute atomic E-state index is 13.0. The van der Waals surface area contributed by atoms with Crippen LogP contribution >= 0.6 is 0 Å². The van der Waals surface area contributed by atoms with Crippen LogP contribution in [-0.4, -0.2) is 57.2 Å². The van der Waals surface area contributed by atoms with Gasteiger partial charge >= 0.3 is 5.97 Å². The fourth-order valence-electron chi connectivity index (χ4n) is 3.80. The summed E-state index contributed by atoms with van der Waals surface area (Å²) in [6.07, 6.45) is 0.775. The van der Waals surface area contributed by atoms with Crippen LogP contribution < -0.4 is 5.32 Å². The van der Waals surface area contributed by atoms with Crippen molar-refractivity contribution < 1.29 is 19.5 Å². The molecule has 2 fully saturated rings. The molecule has 25 heavy (non-hydrogen) atoms. The number of fused-ring (bicyclic) bond motifs is 1. The van der Waals surface area contributed by atoms with Gasteiger partial charge in [-0.2, -0.15) is 5.10 Å². The summed E-state index contributed by atoms with van der Waals surface area (Å²) in [5.41, 5.74) is 0.0919. The van der Waals surface area contributed by atoms with Gasteiger partial charge in [-0.1, -0.05) is 13.8 Å². The zero-order valence-corrected chi connectivity index (χ0v) is 14.8. The lowest BCUT2D eigenvalue weighted by Gasteiger charge is -2.22. The molecule has 136 valence electrons. The Kier molecular flexibility index (Phi) is 4.30. The van der Waals surface area contributed by atoms with Gasteiger partial charge in [-0.15, -0.1) is 0 Å². The maximum atomic E-state index is 13.0. The number of aromatic nitrogens is 2. The number of hydrogen-bond donors (Lipinski definition) is 2. The first-order valence-corrected chi connectivity index (χ1v) is 8.65. The molecule has 2 aliphatic heterocycles. The lowest BCUT2D eigenvalue weighted by Crippen LogP contribution is -2.41. The van der Waals surface area contributed by atoms with E-state index >= 15 is 0 Å². The van der Waals surface area contributed by atoms with Gasteiger partial charge in [0.2, 0.25) is 5.91 Å². The van der Waals surface area contributed by atoms with Crippen molar-refractivity contribution in [1.82, 2.24) is 20.0 Å². The minimum atomic E-state index is -1.22. The van der Waals surface area contributed by atoms with Gasteiger partial charge in [-0.25, -0.2) is 0 Å². The number of carboxylic acids is 1. The standard InChI is InChI=1S/C17H24N4O4/c1-4-21-13(6-11(19-21)5-10(2)3)15(23)20-7-12-14(22)18-8-17(12,9-20)16(24)25/h6,10,12H,4-5,7-9H2,1-3H3,(H,18,22)(H,24,25)/t12-,17+/m0/s1. The van der Waals surface area contributed by atoms with Crippen LogP contribution in [0.5, 0.6) is 0 Å². The van der Waals surface area contributed by atoms with E-state index in [2.05, 4.69) is 24.3 Å². The lowest BCUT2D eigenvalue weighted by molar-refractivity contribution is -0.149. The van der Waals surface area contributed by atoms with Gasteiger partial charge in [-0.05, 0) is 25.3 Å². The third kappa shape index (κ3) is 2.79. The minimum Gasteiger partial charge on any atom is -0.481 e. The van der Waals surface area contributed by atoms with Crippen molar-refractivity contribution in [2.45, 2.75) is 33.7 Å². The van der Waals surface area contributed by atoms with Crippen LogP contribution in [0.1, 0.15) is 37.0 Å². The molecule has 1 aromatic rings. The van der Waals surface area contributed by atoms with Crippen LogP contribution in [0.2, 0.25) is 0 Å². The van der Waals surface area contributed by atoms with Crippen molar-refractivity contribution in [3.05, 3.63) is 17.5 Å². The van der Waals surface area contributed by atoms with E-state index in [0.29, 0.717) is 18.2 Å². The quantitative estimate of drug-likeness (QED) is 0.800. The van der Waals surface area contributed by atoms with Crippen molar-refractivity contribution in [3.8, 4) is 0 Å². The van der Waals surface area contributed by atoms with Crippen molar-refractivity contribution in [3.63, 3.8) is 0 Å². The van der Waals surface area contributed by atoms with E-state index in [0.717, 1.165) is 12.1 Å². The summed E-state index contributed by atoms with van der Waals surface area (Å²) < 4.78 is 1.65. The smallest absolute Gasteiger partial charge is 0.314 e. The summed E-state index contributed by atoms with van der Waals surface area (Å²) in [6, 6.07) is 1.79. The SMILES string of the molecule is CCn1nc(CC(C)C)cc1C(=O)N1C[C@H]2C(=O)NC[C@@]2(C(=O)O)C1. The van der Waals surface area contributed by atoms with Crippen LogP contribution in [0.4, 0.5) is 0 Å². The number of nitrogens with one attached hydrogen (secondary N) is 1. The molecule has 2 amide bonds. The van der Waals surface area contributed by atoms with Crippen molar-refractivity contribution in [2.24, 2.45) is 17.3 Å². The molecular formula is C17H24N4O4. The van der Waals surface area contributed by atoms with Gasteiger partial charge in [0.1, 0.15) is 11.1 Å². The van der Waals surface area contributed by atoms with Crippen LogP contribution in [0.15, 0.2) is 6.07 Å². The largest absolute Gasteiger partial charge is 0.481 e. The number of carbonyl (C=O) groups is 3. The molecule has 8 nitrogen and oxygen atoms in total. The summed E-state index contributed by atoms with van der Waals surface area (Å²) in [5.74, 6) is -1.85. The molecule has 2 N–H and O–H groups in total. The third-order valence-electron chi connectivity index (χ3n) is 5.12. The monoisotopic (exact) mass is 348 g/mol. The number of likely N-dealkylation sites (tertiary alicyclic amines) is 1. The van der Waals surface area contributed by atoms with E-state index < -0.39 is 17.3 Å². The van der Waals surface area contributed by atoms with Crippen LogP contribution in [0, 0.1) is 17.3 Å². The summed E-state index contributed by atoms with van der Waals surface area (Å²) >= 11 is 0. The Morgan fingerprint density at radius 3 is 2.76 bits per heavy atom. The van der Waals surface area contributed by atoms with Gasteiger partial charge in [0, 0.05) is 26.2 Å². The number of aryl methyl sites for hydroxylation is 1. The summed E-state index contributed by atoms with van der Waals surface area (Å²) in [7, 11) is 0. The average molecular weight is 348 g/mol.